The summed E-state index contributed by atoms with van der Waals surface area (Å²) in [6, 6.07) is 49.7. The zero-order valence-electron chi connectivity index (χ0n) is 27.3. The van der Waals surface area contributed by atoms with Gasteiger partial charge in [0.15, 0.2) is 0 Å². The van der Waals surface area contributed by atoms with Gasteiger partial charge in [0.2, 0.25) is 0 Å². The summed E-state index contributed by atoms with van der Waals surface area (Å²) in [5.41, 5.74) is 15.5. The summed E-state index contributed by atoms with van der Waals surface area (Å²) in [6.45, 7) is 0. The Kier molecular flexibility index (Phi) is 8.84. The van der Waals surface area contributed by atoms with Crippen LogP contribution >= 0.6 is 11.6 Å². The second kappa shape index (κ2) is 13.9. The summed E-state index contributed by atoms with van der Waals surface area (Å²) in [6.07, 6.45) is 6.30. The number of halogens is 1. The quantitative estimate of drug-likeness (QED) is 0.131. The molecule has 3 aromatic heterocycles. The number of nitrogens with zero attached hydrogens (tertiary/aromatic N) is 4. The van der Waals surface area contributed by atoms with E-state index in [1.54, 1.807) is 0 Å². The van der Waals surface area contributed by atoms with Gasteiger partial charge in [-0.3, -0.25) is 0 Å². The van der Waals surface area contributed by atoms with Crippen LogP contribution in [0.25, 0.3) is 90.4 Å². The standard InChI is InChI=1S/C45H29ClN4.Ni/c46-28-33-27-40-43(31-17-9-3-10-18-31)38-24-23-36(48-38)41(29-13-5-1-6-14-29)34-21-22-35(47-34)42(30-15-7-2-8-16-30)37-25-26-39(49-37)44(45(33)50-40)32-19-11-4-12-20-32;/h1-27H,28H2;/q-2;+2. The number of hydrogen-bond donors (Lipinski definition) is 0. The van der Waals surface area contributed by atoms with Crippen LogP contribution in [0.3, 0.4) is 0 Å². The number of aromatic nitrogens is 4. The second-order valence-electron chi connectivity index (χ2n) is 12.3. The molecular formula is C45H29ClN4Ni. The van der Waals surface area contributed by atoms with Crippen molar-refractivity contribution in [3.05, 3.63) is 168 Å². The van der Waals surface area contributed by atoms with E-state index in [4.69, 9.17) is 31.5 Å². The molecule has 8 bridgehead atoms. The van der Waals surface area contributed by atoms with Gasteiger partial charge in [0, 0.05) is 5.88 Å². The molecule has 246 valence electrons. The Labute approximate surface area is 311 Å². The van der Waals surface area contributed by atoms with Crippen LogP contribution in [-0.4, -0.2) is 15.8 Å². The molecule has 2 aliphatic rings. The number of benzene rings is 4. The zero-order chi connectivity index (χ0) is 33.4. The van der Waals surface area contributed by atoms with E-state index in [1.165, 1.54) is 0 Å². The molecule has 0 radical (unpaired) electrons. The van der Waals surface area contributed by atoms with E-state index in [1.807, 2.05) is 48.5 Å². The molecule has 0 N–H and O–H groups in total. The first kappa shape index (κ1) is 32.5. The minimum Gasteiger partial charge on any atom is -0.657 e. The Balaban J connectivity index is 0.00000374. The summed E-state index contributed by atoms with van der Waals surface area (Å²) >= 11 is 6.75. The van der Waals surface area contributed by atoms with Crippen molar-refractivity contribution >= 4 is 57.5 Å². The molecule has 4 nitrogen and oxygen atoms in total. The van der Waals surface area contributed by atoms with Gasteiger partial charge in [-0.1, -0.05) is 146 Å². The maximum absolute atomic E-state index is 6.75. The van der Waals surface area contributed by atoms with Gasteiger partial charge >= 0.3 is 16.5 Å². The fourth-order valence-electron chi connectivity index (χ4n) is 6.93. The number of hydrogen-bond acceptors (Lipinski definition) is 2. The van der Waals surface area contributed by atoms with Gasteiger partial charge in [-0.05, 0) is 68.3 Å². The molecule has 0 atom stereocenters. The monoisotopic (exact) mass is 718 g/mol. The summed E-state index contributed by atoms with van der Waals surface area (Å²) in [5, 5.41) is 0. The van der Waals surface area contributed by atoms with Crippen molar-refractivity contribution < 1.29 is 16.5 Å². The van der Waals surface area contributed by atoms with Crippen molar-refractivity contribution in [2.45, 2.75) is 0 Å². The molecule has 2 aliphatic heterocycles. The molecule has 0 saturated carbocycles. The van der Waals surface area contributed by atoms with E-state index in [2.05, 4.69) is 115 Å². The molecule has 4 aromatic carbocycles. The van der Waals surface area contributed by atoms with Crippen molar-refractivity contribution in [3.8, 4) is 44.5 Å². The largest absolute Gasteiger partial charge is 2.00 e. The average Bonchev–Trinajstić information content (AvgIpc) is 4.00. The number of alkyl halides is 1. The Morgan fingerprint density at radius 2 is 0.765 bits per heavy atom. The molecule has 0 aliphatic carbocycles. The number of fused-ring (bicyclic) bond motifs is 8. The maximum atomic E-state index is 6.75. The Bertz CT molecular complexity index is 2610. The normalized spacial score (nSPS) is 12.0. The molecule has 0 saturated heterocycles. The third-order valence-corrected chi connectivity index (χ3v) is 9.48. The molecular weight excluding hydrogens is 691 g/mol. The van der Waals surface area contributed by atoms with E-state index >= 15 is 0 Å². The Hall–Kier alpha value is -5.74. The van der Waals surface area contributed by atoms with Crippen LogP contribution < -0.4 is 9.97 Å². The van der Waals surface area contributed by atoms with Crippen LogP contribution in [0.1, 0.15) is 22.8 Å². The summed E-state index contributed by atoms with van der Waals surface area (Å²) in [5.74, 6) is 0.293. The van der Waals surface area contributed by atoms with Gasteiger partial charge in [0.1, 0.15) is 0 Å². The van der Waals surface area contributed by atoms with Crippen LogP contribution in [-0.2, 0) is 16.5 Å². The Morgan fingerprint density at radius 3 is 1.16 bits per heavy atom. The van der Waals surface area contributed by atoms with Crippen molar-refractivity contribution in [3.63, 3.8) is 0 Å². The van der Waals surface area contributed by atoms with Crippen LogP contribution in [0, 0.1) is 0 Å². The van der Waals surface area contributed by atoms with Crippen molar-refractivity contribution in [1.29, 1.82) is 0 Å². The van der Waals surface area contributed by atoms with E-state index in [0.717, 1.165) is 94.9 Å². The van der Waals surface area contributed by atoms with Gasteiger partial charge in [0.05, 0.1) is 22.8 Å². The molecule has 5 heterocycles. The average molecular weight is 720 g/mol. The SMILES string of the molecule is ClCC1=Cc2nc1c(-c1ccccc1)c1ccc([n-]1)c(-c1ccccc1)c1nc(c(-c3ccccc3)c3ccc([n-]3)c2-c2ccccc2)C=C1.[Ni+2]. The van der Waals surface area contributed by atoms with E-state index in [9.17, 15) is 0 Å². The smallest absolute Gasteiger partial charge is 0.657 e. The predicted octanol–water partition coefficient (Wildman–Crippen LogP) is 11.2. The molecule has 7 aromatic rings. The topological polar surface area (TPSA) is 54.0 Å². The predicted molar refractivity (Wildman–Crippen MR) is 208 cm³/mol. The van der Waals surface area contributed by atoms with E-state index in [-0.39, 0.29) is 16.5 Å². The molecule has 51 heavy (non-hydrogen) atoms. The molecule has 0 unspecified atom stereocenters. The van der Waals surface area contributed by atoms with E-state index in [0.29, 0.717) is 5.88 Å². The number of allylic oxidation sites excluding steroid dienone is 1. The minimum atomic E-state index is 0. The van der Waals surface area contributed by atoms with Crippen molar-refractivity contribution in [1.82, 2.24) is 19.9 Å². The molecule has 9 rings (SSSR count). The number of rotatable bonds is 5. The second-order valence-corrected chi connectivity index (χ2v) is 12.5. The first-order valence-electron chi connectivity index (χ1n) is 16.6. The third-order valence-electron chi connectivity index (χ3n) is 9.19. The summed E-state index contributed by atoms with van der Waals surface area (Å²) in [4.78, 5) is 21.4. The minimum absolute atomic E-state index is 0. The van der Waals surface area contributed by atoms with Crippen LogP contribution in [0.15, 0.2) is 146 Å². The van der Waals surface area contributed by atoms with Gasteiger partial charge in [-0.15, -0.1) is 33.7 Å². The van der Waals surface area contributed by atoms with Crippen molar-refractivity contribution in [2.75, 3.05) is 5.88 Å². The van der Waals surface area contributed by atoms with E-state index < -0.39 is 0 Å². The maximum Gasteiger partial charge on any atom is 2.00 e. The molecule has 0 amide bonds. The first-order chi connectivity index (χ1) is 24.7. The summed E-state index contributed by atoms with van der Waals surface area (Å²) < 4.78 is 0. The van der Waals surface area contributed by atoms with Gasteiger partial charge in [-0.25, -0.2) is 9.97 Å². The third kappa shape index (κ3) is 5.95. The van der Waals surface area contributed by atoms with Crippen LogP contribution in [0.5, 0.6) is 0 Å². The molecule has 0 spiro atoms. The summed E-state index contributed by atoms with van der Waals surface area (Å²) in [7, 11) is 0. The fraction of sp³-hybridized carbons (Fsp3) is 0.0222. The van der Waals surface area contributed by atoms with Gasteiger partial charge in [0.25, 0.3) is 0 Å². The molecule has 6 heteroatoms. The van der Waals surface area contributed by atoms with Gasteiger partial charge < -0.3 is 9.97 Å². The molecule has 0 fully saturated rings. The van der Waals surface area contributed by atoms with Crippen molar-refractivity contribution in [2.24, 2.45) is 0 Å². The zero-order valence-corrected chi connectivity index (χ0v) is 29.0. The first-order valence-corrected chi connectivity index (χ1v) is 17.1. The van der Waals surface area contributed by atoms with Crippen LogP contribution in [0.2, 0.25) is 0 Å². The van der Waals surface area contributed by atoms with Crippen LogP contribution in [0.4, 0.5) is 0 Å². The Morgan fingerprint density at radius 1 is 0.412 bits per heavy atom. The van der Waals surface area contributed by atoms with Gasteiger partial charge in [-0.2, -0.15) is 0 Å². The fourth-order valence-corrected chi connectivity index (χ4v) is 7.14.